The maximum atomic E-state index is 12.4. The Morgan fingerprint density at radius 2 is 1.62 bits per heavy atom. The molecule has 4 rings (SSSR count). The Kier molecular flexibility index (Phi) is 8.19. The van der Waals surface area contributed by atoms with E-state index < -0.39 is 0 Å². The highest BCUT2D eigenvalue weighted by molar-refractivity contribution is 7.15. The molecule has 0 unspecified atom stereocenters. The summed E-state index contributed by atoms with van der Waals surface area (Å²) in [6, 6.07) is 9.94. The third-order valence-electron chi connectivity index (χ3n) is 6.28. The molecule has 1 saturated heterocycles. The number of rotatable bonds is 8. The van der Waals surface area contributed by atoms with Crippen LogP contribution in [-0.4, -0.2) is 77.1 Å². The Labute approximate surface area is 193 Å². The van der Waals surface area contributed by atoms with Crippen LogP contribution in [0.25, 0.3) is 0 Å². The van der Waals surface area contributed by atoms with Crippen LogP contribution < -0.4 is 10.6 Å². The summed E-state index contributed by atoms with van der Waals surface area (Å²) in [5, 5.41) is 13.8. The number of nitrogens with one attached hydrogen (secondary N) is 2. The number of anilines is 1. The SMILES string of the molecule is O=C(NCCCN1CCN(C2CCCCC2)CC1)c1nnc(C(=O)Nc2ccccc2)s1. The van der Waals surface area contributed by atoms with Gasteiger partial charge in [-0.15, -0.1) is 10.2 Å². The van der Waals surface area contributed by atoms with E-state index >= 15 is 0 Å². The van der Waals surface area contributed by atoms with E-state index in [1.165, 1.54) is 32.1 Å². The van der Waals surface area contributed by atoms with E-state index in [2.05, 4.69) is 30.6 Å². The number of para-hydroxylation sites is 1. The van der Waals surface area contributed by atoms with Crippen molar-refractivity contribution in [2.45, 2.75) is 44.6 Å². The smallest absolute Gasteiger partial charge is 0.286 e. The van der Waals surface area contributed by atoms with Gasteiger partial charge in [0.25, 0.3) is 11.8 Å². The monoisotopic (exact) mass is 456 g/mol. The number of benzene rings is 1. The van der Waals surface area contributed by atoms with E-state index in [0.29, 0.717) is 12.2 Å². The molecular weight excluding hydrogens is 424 g/mol. The molecule has 1 aliphatic carbocycles. The van der Waals surface area contributed by atoms with Crippen LogP contribution in [0.4, 0.5) is 5.69 Å². The Morgan fingerprint density at radius 3 is 2.34 bits per heavy atom. The first kappa shape index (κ1) is 22.8. The van der Waals surface area contributed by atoms with Gasteiger partial charge in [0.15, 0.2) is 0 Å². The molecule has 2 heterocycles. The quantitative estimate of drug-likeness (QED) is 0.594. The van der Waals surface area contributed by atoms with Gasteiger partial charge in [-0.3, -0.25) is 14.5 Å². The molecule has 8 nitrogen and oxygen atoms in total. The fourth-order valence-electron chi connectivity index (χ4n) is 4.49. The summed E-state index contributed by atoms with van der Waals surface area (Å²) in [5.41, 5.74) is 0.679. The molecule has 2 N–H and O–H groups in total. The summed E-state index contributed by atoms with van der Waals surface area (Å²) in [4.78, 5) is 29.8. The van der Waals surface area contributed by atoms with Crippen LogP contribution in [0.15, 0.2) is 30.3 Å². The number of amides is 2. The zero-order valence-electron chi connectivity index (χ0n) is 18.5. The molecule has 1 aliphatic heterocycles. The summed E-state index contributed by atoms with van der Waals surface area (Å²) >= 11 is 1.01. The van der Waals surface area contributed by atoms with Gasteiger partial charge in [0, 0.05) is 44.5 Å². The molecule has 2 fully saturated rings. The van der Waals surface area contributed by atoms with E-state index in [-0.39, 0.29) is 21.8 Å². The maximum Gasteiger partial charge on any atom is 0.286 e. The second-order valence-corrected chi connectivity index (χ2v) is 9.49. The summed E-state index contributed by atoms with van der Waals surface area (Å²) in [6.45, 7) is 6.12. The van der Waals surface area contributed by atoms with Crippen molar-refractivity contribution in [3.05, 3.63) is 40.3 Å². The molecule has 0 atom stereocenters. The molecular formula is C23H32N6O2S. The average molecular weight is 457 g/mol. The van der Waals surface area contributed by atoms with Gasteiger partial charge in [0.2, 0.25) is 10.0 Å². The van der Waals surface area contributed by atoms with E-state index in [1.807, 2.05) is 18.2 Å². The molecule has 2 aromatic rings. The molecule has 0 spiro atoms. The minimum absolute atomic E-state index is 0.176. The first-order valence-electron chi connectivity index (χ1n) is 11.6. The molecule has 1 aromatic heterocycles. The first-order valence-corrected chi connectivity index (χ1v) is 12.5. The Hall–Kier alpha value is -2.36. The predicted octanol–water partition coefficient (Wildman–Crippen LogP) is 2.86. The first-order chi connectivity index (χ1) is 15.7. The van der Waals surface area contributed by atoms with Crippen LogP contribution in [0, 0.1) is 0 Å². The van der Waals surface area contributed by atoms with Crippen molar-refractivity contribution >= 4 is 28.8 Å². The lowest BCUT2D eigenvalue weighted by Gasteiger charge is -2.40. The standard InChI is InChI=1S/C23H32N6O2S/c30-20(22-26-27-23(32-22)21(31)25-18-8-3-1-4-9-18)24-12-7-13-28-14-16-29(17-15-28)19-10-5-2-6-11-19/h1,3-4,8-9,19H,2,5-7,10-17H2,(H,24,30)(H,25,31). The number of hydrogen-bond acceptors (Lipinski definition) is 7. The van der Waals surface area contributed by atoms with Crippen LogP contribution in [0.1, 0.15) is 58.1 Å². The lowest BCUT2D eigenvalue weighted by atomic mass is 9.94. The van der Waals surface area contributed by atoms with Gasteiger partial charge in [0.1, 0.15) is 0 Å². The van der Waals surface area contributed by atoms with Gasteiger partial charge < -0.3 is 15.5 Å². The highest BCUT2D eigenvalue weighted by Crippen LogP contribution is 2.23. The van der Waals surface area contributed by atoms with E-state index in [9.17, 15) is 9.59 Å². The van der Waals surface area contributed by atoms with Crippen molar-refractivity contribution < 1.29 is 9.59 Å². The topological polar surface area (TPSA) is 90.5 Å². The third-order valence-corrected chi connectivity index (χ3v) is 7.20. The summed E-state index contributed by atoms with van der Waals surface area (Å²) < 4.78 is 0. The minimum atomic E-state index is -0.361. The number of piperazine rings is 1. The fraction of sp³-hybridized carbons (Fsp3) is 0.565. The lowest BCUT2D eigenvalue weighted by molar-refractivity contribution is 0.0779. The lowest BCUT2D eigenvalue weighted by Crippen LogP contribution is -2.51. The Bertz CT molecular complexity index is 876. The molecule has 2 aliphatic rings. The van der Waals surface area contributed by atoms with E-state index in [4.69, 9.17) is 0 Å². The van der Waals surface area contributed by atoms with Gasteiger partial charge in [-0.25, -0.2) is 0 Å². The molecule has 0 radical (unpaired) electrons. The Balaban J connectivity index is 1.13. The second kappa shape index (κ2) is 11.5. The fourth-order valence-corrected chi connectivity index (χ4v) is 5.15. The third kappa shape index (κ3) is 6.34. The number of aromatic nitrogens is 2. The zero-order valence-corrected chi connectivity index (χ0v) is 19.3. The molecule has 172 valence electrons. The molecule has 32 heavy (non-hydrogen) atoms. The Morgan fingerprint density at radius 1 is 0.938 bits per heavy atom. The van der Waals surface area contributed by atoms with Gasteiger partial charge in [-0.05, 0) is 37.9 Å². The van der Waals surface area contributed by atoms with Gasteiger partial charge >= 0.3 is 0 Å². The van der Waals surface area contributed by atoms with Crippen molar-refractivity contribution in [2.24, 2.45) is 0 Å². The van der Waals surface area contributed by atoms with Crippen LogP contribution in [-0.2, 0) is 0 Å². The summed E-state index contributed by atoms with van der Waals surface area (Å²) in [5.74, 6) is -0.636. The van der Waals surface area contributed by atoms with Crippen LogP contribution in [0.2, 0.25) is 0 Å². The number of carbonyl (C=O) groups is 2. The largest absolute Gasteiger partial charge is 0.350 e. The van der Waals surface area contributed by atoms with Crippen LogP contribution in [0.5, 0.6) is 0 Å². The van der Waals surface area contributed by atoms with E-state index in [0.717, 1.165) is 56.5 Å². The number of carbonyl (C=O) groups excluding carboxylic acids is 2. The van der Waals surface area contributed by atoms with E-state index in [1.54, 1.807) is 12.1 Å². The van der Waals surface area contributed by atoms with Gasteiger partial charge in [0.05, 0.1) is 0 Å². The van der Waals surface area contributed by atoms with Crippen LogP contribution in [0.3, 0.4) is 0 Å². The normalized spacial score (nSPS) is 18.4. The average Bonchev–Trinajstić information content (AvgIpc) is 3.34. The summed E-state index contributed by atoms with van der Waals surface area (Å²) in [6.07, 6.45) is 7.81. The maximum absolute atomic E-state index is 12.4. The second-order valence-electron chi connectivity index (χ2n) is 8.51. The van der Waals surface area contributed by atoms with Crippen molar-refractivity contribution in [1.29, 1.82) is 0 Å². The summed E-state index contributed by atoms with van der Waals surface area (Å²) in [7, 11) is 0. The highest BCUT2D eigenvalue weighted by Gasteiger charge is 2.25. The van der Waals surface area contributed by atoms with Crippen molar-refractivity contribution in [1.82, 2.24) is 25.3 Å². The molecule has 9 heteroatoms. The van der Waals surface area contributed by atoms with Gasteiger partial charge in [-0.1, -0.05) is 48.8 Å². The van der Waals surface area contributed by atoms with Crippen molar-refractivity contribution in [3.8, 4) is 0 Å². The highest BCUT2D eigenvalue weighted by atomic mass is 32.1. The predicted molar refractivity (Wildman–Crippen MR) is 126 cm³/mol. The molecule has 0 bridgehead atoms. The van der Waals surface area contributed by atoms with Gasteiger partial charge in [-0.2, -0.15) is 0 Å². The zero-order chi connectivity index (χ0) is 22.2. The number of nitrogens with zero attached hydrogens (tertiary/aromatic N) is 4. The van der Waals surface area contributed by atoms with Crippen LogP contribution >= 0.6 is 11.3 Å². The van der Waals surface area contributed by atoms with Crippen molar-refractivity contribution in [2.75, 3.05) is 44.6 Å². The van der Waals surface area contributed by atoms with Crippen molar-refractivity contribution in [3.63, 3.8) is 0 Å². The molecule has 1 saturated carbocycles. The minimum Gasteiger partial charge on any atom is -0.350 e. The number of hydrogen-bond donors (Lipinski definition) is 2. The molecule has 2 amide bonds. The molecule has 1 aromatic carbocycles.